The van der Waals surface area contributed by atoms with Crippen LogP contribution < -0.4 is 5.43 Å². The fraction of sp³-hybridized carbons (Fsp3) is 0.538. The molecule has 1 aromatic rings. The summed E-state index contributed by atoms with van der Waals surface area (Å²) in [6.07, 6.45) is 1.05. The van der Waals surface area contributed by atoms with Crippen LogP contribution in [-0.4, -0.2) is 31.3 Å². The van der Waals surface area contributed by atoms with E-state index in [9.17, 15) is 0 Å². The van der Waals surface area contributed by atoms with E-state index >= 15 is 0 Å². The van der Waals surface area contributed by atoms with Crippen molar-refractivity contribution >= 4 is 11.6 Å². The van der Waals surface area contributed by atoms with Crippen LogP contribution in [0.1, 0.15) is 24.9 Å². The van der Waals surface area contributed by atoms with Gasteiger partial charge in [-0.15, -0.1) is 0 Å². The molecule has 0 aromatic heterocycles. The van der Waals surface area contributed by atoms with Crippen LogP contribution in [0.4, 0.5) is 0 Å². The number of rotatable bonds is 4. The van der Waals surface area contributed by atoms with Gasteiger partial charge in [-0.05, 0) is 24.1 Å². The van der Waals surface area contributed by atoms with E-state index in [2.05, 4.69) is 29.5 Å². The number of hydrogen-bond acceptors (Lipinski definition) is 3. The maximum Gasteiger partial charge on any atom is 0.0608 e. The van der Waals surface area contributed by atoms with Gasteiger partial charge in [-0.2, -0.15) is 0 Å². The molecular weight excluding hydrogens is 236 g/mol. The van der Waals surface area contributed by atoms with Crippen LogP contribution in [0.25, 0.3) is 0 Å². The Kier molecular flexibility index (Phi) is 4.80. The molecule has 1 aromatic carbocycles. The molecule has 1 aliphatic rings. The minimum atomic E-state index is 0.352. The Morgan fingerprint density at radius 3 is 2.53 bits per heavy atom. The van der Waals surface area contributed by atoms with Crippen molar-refractivity contribution in [2.75, 3.05) is 26.3 Å². The molecule has 2 rings (SSSR count). The first-order valence-corrected chi connectivity index (χ1v) is 6.51. The van der Waals surface area contributed by atoms with Crippen LogP contribution in [0, 0.1) is 0 Å². The van der Waals surface area contributed by atoms with Crippen molar-refractivity contribution in [2.24, 2.45) is 0 Å². The molecule has 1 N–H and O–H groups in total. The largest absolute Gasteiger partial charge is 0.379 e. The van der Waals surface area contributed by atoms with Gasteiger partial charge < -0.3 is 4.74 Å². The summed E-state index contributed by atoms with van der Waals surface area (Å²) >= 11 is 5.90. The van der Waals surface area contributed by atoms with E-state index in [1.807, 2.05) is 12.1 Å². The minimum Gasteiger partial charge on any atom is -0.379 e. The number of hydrogen-bond donors (Lipinski definition) is 1. The molecule has 1 heterocycles. The zero-order valence-electron chi connectivity index (χ0n) is 10.2. The average Bonchev–Trinajstić information content (AvgIpc) is 2.38. The van der Waals surface area contributed by atoms with Crippen LogP contribution in [0.5, 0.6) is 0 Å². The van der Waals surface area contributed by atoms with Gasteiger partial charge in [-0.25, -0.2) is 10.4 Å². The maximum atomic E-state index is 5.90. The molecule has 0 amide bonds. The molecule has 0 radical (unpaired) electrons. The highest BCUT2D eigenvalue weighted by Crippen LogP contribution is 2.19. The van der Waals surface area contributed by atoms with E-state index in [1.54, 1.807) is 0 Å². The lowest BCUT2D eigenvalue weighted by atomic mass is 10.1. The topological polar surface area (TPSA) is 24.5 Å². The van der Waals surface area contributed by atoms with Gasteiger partial charge in [0, 0.05) is 24.2 Å². The second-order valence-electron chi connectivity index (χ2n) is 4.24. The van der Waals surface area contributed by atoms with E-state index in [-0.39, 0.29) is 0 Å². The van der Waals surface area contributed by atoms with Gasteiger partial charge in [0.2, 0.25) is 0 Å². The number of morpholine rings is 1. The lowest BCUT2D eigenvalue weighted by Gasteiger charge is -2.31. The number of ether oxygens (including phenoxy) is 1. The van der Waals surface area contributed by atoms with E-state index < -0.39 is 0 Å². The van der Waals surface area contributed by atoms with Crippen molar-refractivity contribution in [1.29, 1.82) is 0 Å². The highest BCUT2D eigenvalue weighted by atomic mass is 35.5. The first-order chi connectivity index (χ1) is 8.29. The molecular formula is C13H19ClN2O. The normalized spacial score (nSPS) is 19.2. The highest BCUT2D eigenvalue weighted by Gasteiger charge is 2.15. The summed E-state index contributed by atoms with van der Waals surface area (Å²) in [7, 11) is 0. The van der Waals surface area contributed by atoms with Crippen LogP contribution in [0.3, 0.4) is 0 Å². The van der Waals surface area contributed by atoms with Crippen LogP contribution in [0.15, 0.2) is 24.3 Å². The summed E-state index contributed by atoms with van der Waals surface area (Å²) in [5.41, 5.74) is 4.83. The summed E-state index contributed by atoms with van der Waals surface area (Å²) in [4.78, 5) is 0. The van der Waals surface area contributed by atoms with Gasteiger partial charge in [0.25, 0.3) is 0 Å². The SMILES string of the molecule is CCC(NN1CCOCC1)c1ccc(Cl)cc1. The van der Waals surface area contributed by atoms with Gasteiger partial charge in [-0.3, -0.25) is 0 Å². The van der Waals surface area contributed by atoms with Crippen molar-refractivity contribution in [3.63, 3.8) is 0 Å². The molecule has 0 spiro atoms. The van der Waals surface area contributed by atoms with Gasteiger partial charge in [0.1, 0.15) is 0 Å². The van der Waals surface area contributed by atoms with Crippen molar-refractivity contribution in [1.82, 2.24) is 10.4 Å². The fourth-order valence-electron chi connectivity index (χ4n) is 2.01. The van der Waals surface area contributed by atoms with Gasteiger partial charge in [0.15, 0.2) is 0 Å². The van der Waals surface area contributed by atoms with E-state index in [0.717, 1.165) is 37.7 Å². The third kappa shape index (κ3) is 3.68. The third-order valence-corrected chi connectivity index (χ3v) is 3.28. The molecule has 1 saturated heterocycles. The van der Waals surface area contributed by atoms with Crippen molar-refractivity contribution in [3.05, 3.63) is 34.9 Å². The molecule has 0 saturated carbocycles. The maximum absolute atomic E-state index is 5.90. The molecule has 1 atom stereocenters. The summed E-state index contributed by atoms with van der Waals surface area (Å²) in [6.45, 7) is 5.70. The molecule has 3 nitrogen and oxygen atoms in total. The Balaban J connectivity index is 1.97. The Morgan fingerprint density at radius 1 is 1.29 bits per heavy atom. The second-order valence-corrected chi connectivity index (χ2v) is 4.68. The van der Waals surface area contributed by atoms with Crippen LogP contribution >= 0.6 is 11.6 Å². The average molecular weight is 255 g/mol. The fourth-order valence-corrected chi connectivity index (χ4v) is 2.14. The molecule has 17 heavy (non-hydrogen) atoms. The summed E-state index contributed by atoms with van der Waals surface area (Å²) in [5, 5.41) is 3.03. The molecule has 94 valence electrons. The summed E-state index contributed by atoms with van der Waals surface area (Å²) in [5.74, 6) is 0. The number of benzene rings is 1. The Labute approximate surface area is 108 Å². The minimum absolute atomic E-state index is 0.352. The smallest absolute Gasteiger partial charge is 0.0608 e. The van der Waals surface area contributed by atoms with Gasteiger partial charge >= 0.3 is 0 Å². The molecule has 1 unspecified atom stereocenters. The van der Waals surface area contributed by atoms with Crippen LogP contribution in [0.2, 0.25) is 5.02 Å². The highest BCUT2D eigenvalue weighted by molar-refractivity contribution is 6.30. The van der Waals surface area contributed by atoms with E-state index in [1.165, 1.54) is 5.56 Å². The molecule has 1 fully saturated rings. The predicted molar refractivity (Wildman–Crippen MR) is 70.0 cm³/mol. The van der Waals surface area contributed by atoms with E-state index in [4.69, 9.17) is 16.3 Å². The number of hydrazine groups is 1. The Hall–Kier alpha value is -0.610. The summed E-state index contributed by atoms with van der Waals surface area (Å²) in [6, 6.07) is 8.42. The van der Waals surface area contributed by atoms with E-state index in [0.29, 0.717) is 6.04 Å². The number of halogens is 1. The predicted octanol–water partition coefficient (Wildman–Crippen LogP) is 2.63. The lowest BCUT2D eigenvalue weighted by molar-refractivity contribution is 0.00299. The third-order valence-electron chi connectivity index (χ3n) is 3.03. The van der Waals surface area contributed by atoms with Gasteiger partial charge in [0.05, 0.1) is 13.2 Å². The van der Waals surface area contributed by atoms with Crippen LogP contribution in [-0.2, 0) is 4.74 Å². The van der Waals surface area contributed by atoms with Crippen molar-refractivity contribution in [2.45, 2.75) is 19.4 Å². The quantitative estimate of drug-likeness (QED) is 0.894. The molecule has 0 aliphatic carbocycles. The first kappa shape index (κ1) is 12.8. The zero-order valence-corrected chi connectivity index (χ0v) is 10.9. The van der Waals surface area contributed by atoms with Gasteiger partial charge in [-0.1, -0.05) is 30.7 Å². The summed E-state index contributed by atoms with van der Waals surface area (Å²) < 4.78 is 5.34. The molecule has 4 heteroatoms. The number of nitrogens with one attached hydrogen (secondary N) is 1. The lowest BCUT2D eigenvalue weighted by Crippen LogP contribution is -2.47. The first-order valence-electron chi connectivity index (χ1n) is 6.14. The standard InChI is InChI=1S/C13H19ClN2O/c1-2-13(11-3-5-12(14)6-4-11)15-16-7-9-17-10-8-16/h3-6,13,15H,2,7-10H2,1H3. The number of nitrogens with zero attached hydrogens (tertiary/aromatic N) is 1. The zero-order chi connectivity index (χ0) is 12.1. The van der Waals surface area contributed by atoms with Crippen molar-refractivity contribution < 1.29 is 4.74 Å². The van der Waals surface area contributed by atoms with Crippen molar-refractivity contribution in [3.8, 4) is 0 Å². The molecule has 1 aliphatic heterocycles. The Bertz CT molecular complexity index is 336. The monoisotopic (exact) mass is 254 g/mol. The molecule has 0 bridgehead atoms. The second kappa shape index (κ2) is 6.36. The Morgan fingerprint density at radius 2 is 1.94 bits per heavy atom.